The average Bonchev–Trinajstić information content (AvgIpc) is 3.41. The number of nitrogens with zero attached hydrogens (tertiary/aromatic N) is 5. The van der Waals surface area contributed by atoms with Crippen LogP contribution in [0.15, 0.2) is 24.4 Å². The third-order valence-corrected chi connectivity index (χ3v) is 8.31. The summed E-state index contributed by atoms with van der Waals surface area (Å²) in [6, 6.07) is 6.29. The molecule has 1 aliphatic carbocycles. The van der Waals surface area contributed by atoms with Gasteiger partial charge in [0.25, 0.3) is 5.91 Å². The van der Waals surface area contributed by atoms with Crippen molar-refractivity contribution in [3.63, 3.8) is 0 Å². The van der Waals surface area contributed by atoms with Gasteiger partial charge in [0, 0.05) is 37.8 Å². The van der Waals surface area contributed by atoms with Gasteiger partial charge < -0.3 is 30.1 Å². The van der Waals surface area contributed by atoms with Crippen molar-refractivity contribution in [2.75, 3.05) is 62.0 Å². The highest BCUT2D eigenvalue weighted by Gasteiger charge is 2.36. The minimum absolute atomic E-state index is 0.0591. The minimum Gasteiger partial charge on any atom is -0.492 e. The summed E-state index contributed by atoms with van der Waals surface area (Å²) in [5.41, 5.74) is 2.56. The molecule has 9 heteroatoms. The molecule has 39 heavy (non-hydrogen) atoms. The molecule has 0 radical (unpaired) electrons. The maximum Gasteiger partial charge on any atom is 0.251 e. The number of hydrogen-bond donors (Lipinski definition) is 2. The Kier molecular flexibility index (Phi) is 8.16. The van der Waals surface area contributed by atoms with E-state index in [2.05, 4.69) is 53.3 Å². The first-order valence-corrected chi connectivity index (χ1v) is 14.6. The van der Waals surface area contributed by atoms with Crippen molar-refractivity contribution in [1.82, 2.24) is 20.2 Å². The number of hydrogen-bond acceptors (Lipinski definition) is 8. The van der Waals surface area contributed by atoms with Crippen LogP contribution in [0.25, 0.3) is 0 Å². The summed E-state index contributed by atoms with van der Waals surface area (Å²) in [5.74, 6) is 2.10. The molecule has 212 valence electrons. The Morgan fingerprint density at radius 1 is 1.10 bits per heavy atom. The monoisotopic (exact) mass is 535 g/mol. The van der Waals surface area contributed by atoms with Gasteiger partial charge in [-0.2, -0.15) is 4.98 Å². The Balaban J connectivity index is 1.38. The van der Waals surface area contributed by atoms with Gasteiger partial charge in [0.05, 0.1) is 24.2 Å². The predicted molar refractivity (Wildman–Crippen MR) is 158 cm³/mol. The summed E-state index contributed by atoms with van der Waals surface area (Å²) < 4.78 is 5.96. The van der Waals surface area contributed by atoms with Crippen LogP contribution in [0.5, 0.6) is 5.75 Å². The molecule has 1 aromatic carbocycles. The van der Waals surface area contributed by atoms with E-state index in [1.807, 2.05) is 31.3 Å². The second kappa shape index (κ2) is 11.6. The number of benzene rings is 1. The Hall–Kier alpha value is -3.07. The number of anilines is 4. The first-order valence-electron chi connectivity index (χ1n) is 14.6. The minimum atomic E-state index is -0.0591. The lowest BCUT2D eigenvalue weighted by Crippen LogP contribution is -2.43. The Morgan fingerprint density at radius 2 is 1.85 bits per heavy atom. The molecule has 5 rings (SSSR count). The molecule has 2 aromatic rings. The summed E-state index contributed by atoms with van der Waals surface area (Å²) in [4.78, 5) is 29.9. The number of carbonyl (C=O) groups excluding carboxylic acids is 1. The van der Waals surface area contributed by atoms with Crippen LogP contribution >= 0.6 is 0 Å². The fraction of sp³-hybridized carbons (Fsp3) is 0.633. The standard InChI is InChI=1S/C30H45N7O2/c1-6-39-26-17-21(28(38)32-22-13-15-35(4)16-14-22)11-12-24(26)33-29-31-18-25-27(34-29)37(23-9-7-8-10-23)20-30(2,3)19-36(25)5/h11-12,17-18,22-23H,6-10,13-16,19-20H2,1-5H3,(H,32,38)(H,31,33,34). The first-order chi connectivity index (χ1) is 18.7. The molecule has 0 unspecified atom stereocenters. The average molecular weight is 536 g/mol. The van der Waals surface area contributed by atoms with Gasteiger partial charge in [0.2, 0.25) is 5.95 Å². The van der Waals surface area contributed by atoms with E-state index in [4.69, 9.17) is 14.7 Å². The van der Waals surface area contributed by atoms with Crippen molar-refractivity contribution in [1.29, 1.82) is 0 Å². The maximum atomic E-state index is 13.0. The number of amides is 1. The summed E-state index contributed by atoms with van der Waals surface area (Å²) in [6.45, 7) is 11.0. The number of rotatable bonds is 7. The van der Waals surface area contributed by atoms with Gasteiger partial charge >= 0.3 is 0 Å². The van der Waals surface area contributed by atoms with Gasteiger partial charge in [-0.05, 0) is 76.4 Å². The number of piperidine rings is 1. The molecular weight excluding hydrogens is 490 g/mol. The molecular formula is C30H45N7O2. The molecule has 2 aliphatic heterocycles. The van der Waals surface area contributed by atoms with Crippen LogP contribution in [0.1, 0.15) is 69.7 Å². The van der Waals surface area contributed by atoms with E-state index >= 15 is 0 Å². The normalized spacial score (nSPS) is 20.4. The van der Waals surface area contributed by atoms with Crippen molar-refractivity contribution >= 4 is 29.0 Å². The van der Waals surface area contributed by atoms with Crippen LogP contribution in [0, 0.1) is 5.41 Å². The number of fused-ring (bicyclic) bond motifs is 1. The van der Waals surface area contributed by atoms with E-state index in [0.717, 1.165) is 56.2 Å². The molecule has 2 N–H and O–H groups in total. The lowest BCUT2D eigenvalue weighted by atomic mass is 9.92. The summed E-state index contributed by atoms with van der Waals surface area (Å²) in [7, 11) is 4.26. The highest BCUT2D eigenvalue weighted by Crippen LogP contribution is 2.40. The summed E-state index contributed by atoms with van der Waals surface area (Å²) >= 11 is 0. The van der Waals surface area contributed by atoms with E-state index in [0.29, 0.717) is 29.9 Å². The van der Waals surface area contributed by atoms with E-state index in [-0.39, 0.29) is 17.4 Å². The van der Waals surface area contributed by atoms with Gasteiger partial charge in [-0.1, -0.05) is 26.7 Å². The third-order valence-electron chi connectivity index (χ3n) is 8.31. The van der Waals surface area contributed by atoms with E-state index < -0.39 is 0 Å². The molecule has 9 nitrogen and oxygen atoms in total. The topological polar surface area (TPSA) is 85.9 Å². The second-order valence-corrected chi connectivity index (χ2v) is 12.3. The lowest BCUT2D eigenvalue weighted by Gasteiger charge is -2.35. The smallest absolute Gasteiger partial charge is 0.251 e. The van der Waals surface area contributed by atoms with Crippen LogP contribution in [0.2, 0.25) is 0 Å². The van der Waals surface area contributed by atoms with E-state index in [1.54, 1.807) is 0 Å². The Labute approximate surface area is 233 Å². The van der Waals surface area contributed by atoms with Crippen molar-refractivity contribution in [2.24, 2.45) is 5.41 Å². The van der Waals surface area contributed by atoms with Crippen molar-refractivity contribution < 1.29 is 9.53 Å². The van der Waals surface area contributed by atoms with Crippen molar-refractivity contribution in [3.05, 3.63) is 30.0 Å². The predicted octanol–water partition coefficient (Wildman–Crippen LogP) is 4.67. The molecule has 1 amide bonds. The third kappa shape index (κ3) is 6.40. The lowest BCUT2D eigenvalue weighted by molar-refractivity contribution is 0.0916. The zero-order chi connectivity index (χ0) is 27.6. The SMILES string of the molecule is CCOc1cc(C(=O)NC2CCN(C)CC2)ccc1Nc1ncc2c(n1)N(C1CCCC1)CC(C)(C)CN2C. The van der Waals surface area contributed by atoms with Crippen molar-refractivity contribution in [3.8, 4) is 5.75 Å². The van der Waals surface area contributed by atoms with Gasteiger partial charge in [0.1, 0.15) is 5.75 Å². The molecule has 0 atom stereocenters. The van der Waals surface area contributed by atoms with Gasteiger partial charge in [-0.3, -0.25) is 4.79 Å². The zero-order valence-corrected chi connectivity index (χ0v) is 24.3. The molecule has 1 saturated heterocycles. The first kappa shape index (κ1) is 27.5. The maximum absolute atomic E-state index is 13.0. The quantitative estimate of drug-likeness (QED) is 0.529. The number of likely N-dealkylation sites (tertiary alicyclic amines) is 1. The molecule has 1 aromatic heterocycles. The van der Waals surface area contributed by atoms with Crippen LogP contribution < -0.4 is 25.2 Å². The van der Waals surface area contributed by atoms with Crippen LogP contribution in [0.4, 0.5) is 23.1 Å². The number of nitrogens with one attached hydrogen (secondary N) is 2. The van der Waals surface area contributed by atoms with Gasteiger partial charge in [-0.15, -0.1) is 0 Å². The fourth-order valence-corrected chi connectivity index (χ4v) is 6.32. The molecule has 0 spiro atoms. The van der Waals surface area contributed by atoms with E-state index in [9.17, 15) is 4.79 Å². The molecule has 3 heterocycles. The highest BCUT2D eigenvalue weighted by atomic mass is 16.5. The largest absolute Gasteiger partial charge is 0.492 e. The zero-order valence-electron chi connectivity index (χ0n) is 24.3. The molecule has 3 aliphatic rings. The number of aromatic nitrogens is 2. The number of carbonyl (C=O) groups is 1. The van der Waals surface area contributed by atoms with Crippen LogP contribution in [0.3, 0.4) is 0 Å². The second-order valence-electron chi connectivity index (χ2n) is 12.3. The Bertz CT molecular complexity index is 1160. The summed E-state index contributed by atoms with van der Waals surface area (Å²) in [5, 5.41) is 6.60. The molecule has 1 saturated carbocycles. The van der Waals surface area contributed by atoms with Crippen LogP contribution in [-0.4, -0.2) is 79.7 Å². The van der Waals surface area contributed by atoms with Gasteiger partial charge in [-0.25, -0.2) is 4.98 Å². The highest BCUT2D eigenvalue weighted by molar-refractivity contribution is 5.95. The summed E-state index contributed by atoms with van der Waals surface area (Å²) in [6.07, 6.45) is 8.86. The van der Waals surface area contributed by atoms with Crippen molar-refractivity contribution in [2.45, 2.75) is 71.4 Å². The van der Waals surface area contributed by atoms with E-state index in [1.165, 1.54) is 25.7 Å². The Morgan fingerprint density at radius 3 is 2.56 bits per heavy atom. The molecule has 2 fully saturated rings. The van der Waals surface area contributed by atoms with Crippen LogP contribution in [-0.2, 0) is 0 Å². The molecule has 0 bridgehead atoms. The number of ether oxygens (including phenoxy) is 1. The fourth-order valence-electron chi connectivity index (χ4n) is 6.32. The van der Waals surface area contributed by atoms with Gasteiger partial charge in [0.15, 0.2) is 5.82 Å².